The van der Waals surface area contributed by atoms with Gasteiger partial charge >= 0.3 is 24.6 Å². The van der Waals surface area contributed by atoms with E-state index in [2.05, 4.69) is 0 Å². The molecule has 0 aliphatic rings. The number of carbonyl (C=O) groups excluding carboxylic acids is 1. The maximum absolute atomic E-state index is 12.0. The molecule has 0 unspecified atom stereocenters. The Morgan fingerprint density at radius 3 is 1.00 bits per heavy atom. The van der Waals surface area contributed by atoms with Crippen LogP contribution in [0.2, 0.25) is 0 Å². The van der Waals surface area contributed by atoms with Crippen LogP contribution in [0.5, 0.6) is 0 Å². The van der Waals surface area contributed by atoms with Gasteiger partial charge < -0.3 is 0 Å². The third kappa shape index (κ3) is 2.63. The van der Waals surface area contributed by atoms with Crippen LogP contribution < -0.4 is 0 Å². The molecule has 11 heteroatoms. The summed E-state index contributed by atoms with van der Waals surface area (Å²) < 4.78 is 119. The fraction of sp³-hybridized carbons (Fsp3) is 0.833. The molecule has 0 N–H and O–H groups in total. The zero-order chi connectivity index (χ0) is 14.3. The van der Waals surface area contributed by atoms with E-state index in [9.17, 15) is 48.7 Å². The maximum Gasteiger partial charge on any atom is 0.412 e. The van der Waals surface area contributed by atoms with Crippen LogP contribution in [0.15, 0.2) is 0 Å². The average Bonchev–Trinajstić information content (AvgIpc) is 1.91. The third-order valence-corrected chi connectivity index (χ3v) is 1.86. The largest absolute Gasteiger partial charge is 0.412 e. The van der Waals surface area contributed by atoms with Crippen LogP contribution in [0.3, 0.4) is 0 Å². The maximum atomic E-state index is 12.0. The van der Waals surface area contributed by atoms with E-state index in [1.807, 2.05) is 0 Å². The Hall–Kier alpha value is -1.03. The van der Waals surface area contributed by atoms with Gasteiger partial charge in [0.05, 0.1) is 6.42 Å². The minimum Gasteiger partial charge on any atom is -0.261 e. The molecule has 102 valence electrons. The molecule has 0 amide bonds. The van der Waals surface area contributed by atoms with Crippen molar-refractivity contribution in [1.82, 2.24) is 0 Å². The van der Waals surface area contributed by atoms with Crippen molar-refractivity contribution in [3.63, 3.8) is 0 Å². The van der Waals surface area contributed by atoms with E-state index >= 15 is 0 Å². The topological polar surface area (TPSA) is 17.1 Å². The van der Waals surface area contributed by atoms with E-state index in [1.165, 1.54) is 0 Å². The van der Waals surface area contributed by atoms with Crippen LogP contribution >= 0.6 is 0 Å². The molecule has 0 aromatic heterocycles. The van der Waals surface area contributed by atoms with Gasteiger partial charge in [0, 0.05) is 0 Å². The first kappa shape index (κ1) is 16.0. The predicted octanol–water partition coefficient (Wildman–Crippen LogP) is 3.55. The Balaban J connectivity index is 6.02. The second kappa shape index (κ2) is 4.02. The summed E-state index contributed by atoms with van der Waals surface area (Å²) in [5, 5.41) is 0. The summed E-state index contributed by atoms with van der Waals surface area (Å²) in [6, 6.07) is -3.36. The SMILES string of the molecule is O=C(F)CC(C(F)(F)F)(C(F)(F)F)C(F)(F)F. The molecule has 0 aliphatic heterocycles. The molecular formula is C6H2F10O. The molecule has 0 saturated heterocycles. The molecule has 0 bridgehead atoms. The van der Waals surface area contributed by atoms with E-state index in [0.717, 1.165) is 0 Å². The zero-order valence-electron chi connectivity index (χ0n) is 7.39. The Kier molecular flexibility index (Phi) is 3.77. The molecular weight excluding hydrogens is 278 g/mol. The molecule has 17 heavy (non-hydrogen) atoms. The van der Waals surface area contributed by atoms with Crippen molar-refractivity contribution < 1.29 is 48.7 Å². The lowest BCUT2D eigenvalue weighted by Crippen LogP contribution is -2.60. The van der Waals surface area contributed by atoms with E-state index in [4.69, 9.17) is 0 Å². The summed E-state index contributed by atoms with van der Waals surface area (Å²) in [5.41, 5.74) is -6.39. The highest BCUT2D eigenvalue weighted by atomic mass is 19.4. The lowest BCUT2D eigenvalue weighted by atomic mass is 9.82. The van der Waals surface area contributed by atoms with Gasteiger partial charge in [0.1, 0.15) is 0 Å². The average molecular weight is 280 g/mol. The molecule has 0 saturated carbocycles. The summed E-state index contributed by atoms with van der Waals surface area (Å²) in [6.45, 7) is 0. The predicted molar refractivity (Wildman–Crippen MR) is 31.3 cm³/mol. The van der Waals surface area contributed by atoms with Crippen LogP contribution in [0, 0.1) is 5.41 Å². The van der Waals surface area contributed by atoms with Crippen molar-refractivity contribution in [3.05, 3.63) is 0 Å². The van der Waals surface area contributed by atoms with Crippen molar-refractivity contribution in [2.24, 2.45) is 5.41 Å². The van der Waals surface area contributed by atoms with Gasteiger partial charge in [-0.1, -0.05) is 0 Å². The van der Waals surface area contributed by atoms with Crippen LogP contribution in [0.1, 0.15) is 6.42 Å². The highest BCUT2D eigenvalue weighted by Gasteiger charge is 2.83. The van der Waals surface area contributed by atoms with Crippen LogP contribution in [0.4, 0.5) is 43.9 Å². The minimum atomic E-state index is -6.90. The van der Waals surface area contributed by atoms with Crippen molar-refractivity contribution >= 4 is 6.04 Å². The molecule has 0 aromatic rings. The minimum absolute atomic E-state index is 3.36. The van der Waals surface area contributed by atoms with Crippen molar-refractivity contribution in [2.75, 3.05) is 0 Å². The molecule has 1 nitrogen and oxygen atoms in total. The van der Waals surface area contributed by atoms with Gasteiger partial charge in [-0.15, -0.1) is 0 Å². The monoisotopic (exact) mass is 280 g/mol. The number of hydrogen-bond acceptors (Lipinski definition) is 1. The molecule has 0 aliphatic carbocycles. The first-order valence-corrected chi connectivity index (χ1v) is 3.55. The molecule has 0 heterocycles. The Morgan fingerprint density at radius 2 is 0.941 bits per heavy atom. The van der Waals surface area contributed by atoms with Crippen molar-refractivity contribution in [3.8, 4) is 0 Å². The van der Waals surface area contributed by atoms with Gasteiger partial charge in [-0.2, -0.15) is 43.9 Å². The van der Waals surface area contributed by atoms with Gasteiger partial charge in [-0.3, -0.25) is 4.79 Å². The van der Waals surface area contributed by atoms with Gasteiger partial charge in [-0.25, -0.2) is 0 Å². The van der Waals surface area contributed by atoms with E-state index in [-0.39, 0.29) is 0 Å². The second-order valence-corrected chi connectivity index (χ2v) is 2.93. The Bertz CT molecular complexity index is 257. The number of halogens is 10. The normalized spacial score (nSPS) is 14.9. The number of hydrogen-bond donors (Lipinski definition) is 0. The first-order valence-electron chi connectivity index (χ1n) is 3.55. The van der Waals surface area contributed by atoms with Gasteiger partial charge in [0.15, 0.2) is 0 Å². The highest BCUT2D eigenvalue weighted by Crippen LogP contribution is 2.61. The van der Waals surface area contributed by atoms with Crippen molar-refractivity contribution in [1.29, 1.82) is 0 Å². The van der Waals surface area contributed by atoms with Crippen LogP contribution in [-0.4, -0.2) is 24.6 Å². The van der Waals surface area contributed by atoms with Crippen LogP contribution in [-0.2, 0) is 4.79 Å². The lowest BCUT2D eigenvalue weighted by Gasteiger charge is -2.37. The quantitative estimate of drug-likeness (QED) is 0.558. The molecule has 0 aromatic carbocycles. The smallest absolute Gasteiger partial charge is 0.261 e. The second-order valence-electron chi connectivity index (χ2n) is 2.93. The van der Waals surface area contributed by atoms with Gasteiger partial charge in [0.25, 0.3) is 5.41 Å². The van der Waals surface area contributed by atoms with Gasteiger partial charge in [-0.05, 0) is 0 Å². The third-order valence-electron chi connectivity index (χ3n) is 1.86. The number of rotatable bonds is 2. The first-order chi connectivity index (χ1) is 7.17. The molecule has 0 rings (SSSR count). The van der Waals surface area contributed by atoms with Gasteiger partial charge in [0.2, 0.25) is 0 Å². The fourth-order valence-electron chi connectivity index (χ4n) is 0.991. The summed E-state index contributed by atoms with van der Waals surface area (Å²) in [5.74, 6) is 0. The number of alkyl halides is 9. The summed E-state index contributed by atoms with van der Waals surface area (Å²) in [6.07, 6.45) is -24.1. The zero-order valence-corrected chi connectivity index (χ0v) is 7.39. The summed E-state index contributed by atoms with van der Waals surface area (Å²) in [7, 11) is 0. The molecule has 0 fully saturated rings. The van der Waals surface area contributed by atoms with E-state index in [0.29, 0.717) is 0 Å². The van der Waals surface area contributed by atoms with E-state index in [1.54, 1.807) is 0 Å². The standard InChI is InChI=1S/C6H2F10O/c7-2(17)1-3(4(8,9)10,5(11,12)13)6(14,15)16/h1H2. The van der Waals surface area contributed by atoms with Crippen molar-refractivity contribution in [2.45, 2.75) is 24.9 Å². The number of carbonyl (C=O) groups is 1. The fourth-order valence-corrected chi connectivity index (χ4v) is 0.991. The van der Waals surface area contributed by atoms with E-state index < -0.39 is 36.4 Å². The summed E-state index contributed by atoms with van der Waals surface area (Å²) in [4.78, 5) is 9.63. The lowest BCUT2D eigenvalue weighted by molar-refractivity contribution is -0.426. The summed E-state index contributed by atoms with van der Waals surface area (Å²) >= 11 is 0. The molecule has 0 radical (unpaired) electrons. The Labute approximate surface area is 86.4 Å². The van der Waals surface area contributed by atoms with Crippen LogP contribution in [0.25, 0.3) is 0 Å². The molecule has 0 spiro atoms. The molecule has 0 atom stereocenters. The highest BCUT2D eigenvalue weighted by molar-refractivity contribution is 5.69. The Morgan fingerprint density at radius 1 is 0.706 bits per heavy atom.